The summed E-state index contributed by atoms with van der Waals surface area (Å²) in [5, 5.41) is 0.0189. The van der Waals surface area contributed by atoms with Crippen LogP contribution in [0.1, 0.15) is 17.3 Å². The molecule has 6 heteroatoms. The first-order valence-electron chi connectivity index (χ1n) is 4.75. The molecule has 0 heterocycles. The third kappa shape index (κ3) is 2.94. The molecule has 1 aromatic carbocycles. The van der Waals surface area contributed by atoms with E-state index in [2.05, 4.69) is 4.74 Å². The van der Waals surface area contributed by atoms with E-state index in [4.69, 9.17) is 16.3 Å². The third-order valence-corrected chi connectivity index (χ3v) is 2.24. The molecule has 0 aromatic heterocycles. The number of carbonyl (C=O) groups is 2. The van der Waals surface area contributed by atoms with Crippen LogP contribution in [0.3, 0.4) is 0 Å². The number of ketones is 1. The summed E-state index contributed by atoms with van der Waals surface area (Å²) in [7, 11) is 1.32. The molecule has 0 bridgehead atoms. The van der Waals surface area contributed by atoms with E-state index in [9.17, 15) is 14.0 Å². The zero-order chi connectivity index (χ0) is 13.0. The number of Topliss-reactive ketones (excluding diaryl/α,β-unsaturated/α-hetero) is 1. The lowest BCUT2D eigenvalue weighted by molar-refractivity contribution is -0.137. The number of halogens is 2. The fourth-order valence-corrected chi connectivity index (χ4v) is 1.39. The van der Waals surface area contributed by atoms with E-state index in [1.165, 1.54) is 7.11 Å². The highest BCUT2D eigenvalue weighted by molar-refractivity contribution is 6.41. The number of methoxy groups -OCH3 is 1. The Kier molecular flexibility index (Phi) is 4.45. The van der Waals surface area contributed by atoms with Crippen LogP contribution in [0.15, 0.2) is 12.1 Å². The average Bonchev–Trinajstić information content (AvgIpc) is 2.29. The molecule has 0 atom stereocenters. The van der Waals surface area contributed by atoms with Gasteiger partial charge in [-0.05, 0) is 19.1 Å². The smallest absolute Gasteiger partial charge is 0.379 e. The molecule has 17 heavy (non-hydrogen) atoms. The Morgan fingerprint density at radius 3 is 2.59 bits per heavy atom. The van der Waals surface area contributed by atoms with Crippen molar-refractivity contribution >= 4 is 23.4 Å². The van der Waals surface area contributed by atoms with Crippen molar-refractivity contribution in [3.05, 3.63) is 28.5 Å². The predicted molar refractivity (Wildman–Crippen MR) is 58.9 cm³/mol. The summed E-state index contributed by atoms with van der Waals surface area (Å²) in [5.74, 6) is -2.97. The van der Waals surface area contributed by atoms with E-state index in [0.717, 1.165) is 12.1 Å². The maximum atomic E-state index is 13.4. The Labute approximate surface area is 102 Å². The zero-order valence-electron chi connectivity index (χ0n) is 9.25. The van der Waals surface area contributed by atoms with E-state index in [1.54, 1.807) is 6.92 Å². The minimum atomic E-state index is -1.12. The fourth-order valence-electron chi connectivity index (χ4n) is 1.17. The van der Waals surface area contributed by atoms with E-state index in [-0.39, 0.29) is 17.4 Å². The lowest BCUT2D eigenvalue weighted by Gasteiger charge is -2.07. The molecule has 0 saturated carbocycles. The Morgan fingerprint density at radius 2 is 2.06 bits per heavy atom. The Morgan fingerprint density at radius 1 is 1.41 bits per heavy atom. The van der Waals surface area contributed by atoms with Crippen molar-refractivity contribution in [2.45, 2.75) is 6.92 Å². The van der Waals surface area contributed by atoms with Gasteiger partial charge >= 0.3 is 5.97 Å². The highest BCUT2D eigenvalue weighted by Crippen LogP contribution is 2.27. The Hall–Kier alpha value is -1.62. The van der Waals surface area contributed by atoms with Crippen molar-refractivity contribution < 1.29 is 23.5 Å². The van der Waals surface area contributed by atoms with Crippen molar-refractivity contribution in [1.29, 1.82) is 0 Å². The highest BCUT2D eigenvalue weighted by Gasteiger charge is 2.23. The van der Waals surface area contributed by atoms with Crippen LogP contribution < -0.4 is 4.74 Å². The second-order valence-electron chi connectivity index (χ2n) is 3.02. The van der Waals surface area contributed by atoms with Crippen LogP contribution in [-0.4, -0.2) is 25.5 Å². The number of hydrogen-bond acceptors (Lipinski definition) is 4. The molecule has 0 radical (unpaired) electrons. The summed E-state index contributed by atoms with van der Waals surface area (Å²) in [5.41, 5.74) is -0.426. The standard InChI is InChI=1S/C11H10ClFO4/c1-3-17-11(15)10(14)6-4-9(16-2)7(12)5-8(6)13/h4-5H,3H2,1-2H3. The molecule has 0 aliphatic heterocycles. The minimum absolute atomic E-state index is 0.0189. The normalized spacial score (nSPS) is 9.88. The largest absolute Gasteiger partial charge is 0.495 e. The molecule has 1 rings (SSSR count). The van der Waals surface area contributed by atoms with Crippen LogP contribution in [0.25, 0.3) is 0 Å². The monoisotopic (exact) mass is 260 g/mol. The van der Waals surface area contributed by atoms with Gasteiger partial charge in [0.25, 0.3) is 5.78 Å². The Bertz CT molecular complexity index is 459. The van der Waals surface area contributed by atoms with Gasteiger partial charge in [0.05, 0.1) is 24.3 Å². The zero-order valence-corrected chi connectivity index (χ0v) is 10.0. The van der Waals surface area contributed by atoms with Crippen LogP contribution in [0.4, 0.5) is 4.39 Å². The molecular formula is C11H10ClFO4. The molecule has 0 amide bonds. The van der Waals surface area contributed by atoms with Crippen molar-refractivity contribution in [3.8, 4) is 5.75 Å². The number of benzene rings is 1. The predicted octanol–water partition coefficient (Wildman–Crippen LogP) is 2.23. The lowest BCUT2D eigenvalue weighted by atomic mass is 10.1. The molecule has 4 nitrogen and oxygen atoms in total. The Balaban J connectivity index is 3.13. The maximum absolute atomic E-state index is 13.4. The number of rotatable bonds is 4. The van der Waals surface area contributed by atoms with Gasteiger partial charge in [0.15, 0.2) is 0 Å². The van der Waals surface area contributed by atoms with Gasteiger partial charge in [-0.15, -0.1) is 0 Å². The second kappa shape index (κ2) is 5.63. The van der Waals surface area contributed by atoms with Crippen molar-refractivity contribution in [3.63, 3.8) is 0 Å². The number of esters is 1. The van der Waals surface area contributed by atoms with Crippen molar-refractivity contribution in [2.24, 2.45) is 0 Å². The highest BCUT2D eigenvalue weighted by atomic mass is 35.5. The van der Waals surface area contributed by atoms with Gasteiger partial charge in [0.1, 0.15) is 11.6 Å². The topological polar surface area (TPSA) is 52.6 Å². The van der Waals surface area contributed by atoms with Gasteiger partial charge in [-0.25, -0.2) is 9.18 Å². The molecule has 0 aliphatic carbocycles. The second-order valence-corrected chi connectivity index (χ2v) is 3.42. The summed E-state index contributed by atoms with van der Waals surface area (Å²) < 4.78 is 22.8. The quantitative estimate of drug-likeness (QED) is 0.473. The summed E-state index contributed by atoms with van der Waals surface area (Å²) in [6.45, 7) is 1.58. The molecule has 92 valence electrons. The van der Waals surface area contributed by atoms with E-state index in [1.807, 2.05) is 0 Å². The van der Waals surface area contributed by atoms with Crippen LogP contribution in [-0.2, 0) is 9.53 Å². The summed E-state index contributed by atoms with van der Waals surface area (Å²) >= 11 is 5.65. The van der Waals surface area contributed by atoms with E-state index in [0.29, 0.717) is 0 Å². The summed E-state index contributed by atoms with van der Waals surface area (Å²) in [6.07, 6.45) is 0. The molecule has 0 fully saturated rings. The number of carbonyl (C=O) groups excluding carboxylic acids is 2. The van der Waals surface area contributed by atoms with Crippen LogP contribution >= 0.6 is 11.6 Å². The first kappa shape index (κ1) is 13.4. The van der Waals surface area contributed by atoms with Gasteiger partial charge in [-0.2, -0.15) is 0 Å². The van der Waals surface area contributed by atoms with Crippen LogP contribution in [0, 0.1) is 5.82 Å². The van der Waals surface area contributed by atoms with Crippen LogP contribution in [0.2, 0.25) is 5.02 Å². The van der Waals surface area contributed by atoms with Gasteiger partial charge in [0, 0.05) is 0 Å². The van der Waals surface area contributed by atoms with Crippen LogP contribution in [0.5, 0.6) is 5.75 Å². The average molecular weight is 261 g/mol. The molecule has 1 aromatic rings. The first-order valence-corrected chi connectivity index (χ1v) is 5.13. The lowest BCUT2D eigenvalue weighted by Crippen LogP contribution is -2.18. The summed E-state index contributed by atoms with van der Waals surface area (Å²) in [6, 6.07) is 1.98. The minimum Gasteiger partial charge on any atom is -0.495 e. The fraction of sp³-hybridized carbons (Fsp3) is 0.273. The van der Waals surface area contributed by atoms with E-state index >= 15 is 0 Å². The van der Waals surface area contributed by atoms with Crippen molar-refractivity contribution in [1.82, 2.24) is 0 Å². The first-order chi connectivity index (χ1) is 8.01. The molecule has 0 spiro atoms. The molecular weight excluding hydrogens is 251 g/mol. The van der Waals surface area contributed by atoms with Gasteiger partial charge < -0.3 is 9.47 Å². The SMILES string of the molecule is CCOC(=O)C(=O)c1cc(OC)c(Cl)cc1F. The third-order valence-electron chi connectivity index (χ3n) is 1.95. The van der Waals surface area contributed by atoms with Gasteiger partial charge in [-0.3, -0.25) is 4.79 Å². The van der Waals surface area contributed by atoms with Gasteiger partial charge in [-0.1, -0.05) is 11.6 Å². The number of ether oxygens (including phenoxy) is 2. The summed E-state index contributed by atoms with van der Waals surface area (Å²) in [4.78, 5) is 22.7. The molecule has 0 unspecified atom stereocenters. The maximum Gasteiger partial charge on any atom is 0.379 e. The number of hydrogen-bond donors (Lipinski definition) is 0. The molecule has 0 N–H and O–H groups in total. The van der Waals surface area contributed by atoms with E-state index < -0.39 is 23.1 Å². The van der Waals surface area contributed by atoms with Crippen molar-refractivity contribution in [2.75, 3.05) is 13.7 Å². The van der Waals surface area contributed by atoms with Gasteiger partial charge in [0.2, 0.25) is 0 Å². The molecule has 0 aliphatic rings. The molecule has 0 saturated heterocycles.